The average Bonchev–Trinajstić information content (AvgIpc) is 2.82. The van der Waals surface area contributed by atoms with Crippen molar-refractivity contribution in [3.63, 3.8) is 0 Å². The smallest absolute Gasteiger partial charge is 0.208 e. The van der Waals surface area contributed by atoms with Gasteiger partial charge in [-0.25, -0.2) is 13.1 Å². The lowest BCUT2D eigenvalue weighted by molar-refractivity contribution is 0.439. The van der Waals surface area contributed by atoms with Crippen LogP contribution in [0.4, 0.5) is 0 Å². The first-order chi connectivity index (χ1) is 8.44. The molecule has 104 valence electrons. The molecule has 0 bridgehead atoms. The van der Waals surface area contributed by atoms with Crippen molar-refractivity contribution in [2.45, 2.75) is 38.3 Å². The van der Waals surface area contributed by atoms with Gasteiger partial charge in [0.25, 0.3) is 0 Å². The minimum absolute atomic E-state index is 0.0620. The van der Waals surface area contributed by atoms with Gasteiger partial charge < -0.3 is 10.6 Å². The standard InChI is InChI=1S/C11H22N4O2S/c1-8-6-12-11(14-8)13-7-9-4-3-5-10(9)15-18(2,16)17/h8-10,15H,3-7H2,1-2H3,(H2,12,13,14). The number of aliphatic imine (C=N–C) groups is 1. The van der Waals surface area contributed by atoms with E-state index in [2.05, 4.69) is 27.3 Å². The van der Waals surface area contributed by atoms with E-state index in [1.165, 1.54) is 6.26 Å². The summed E-state index contributed by atoms with van der Waals surface area (Å²) in [7, 11) is -3.11. The third kappa shape index (κ3) is 3.84. The number of rotatable bonds is 4. The van der Waals surface area contributed by atoms with E-state index < -0.39 is 10.0 Å². The fourth-order valence-corrected chi connectivity index (χ4v) is 3.46. The van der Waals surface area contributed by atoms with Crippen LogP contribution in [0.1, 0.15) is 26.2 Å². The van der Waals surface area contributed by atoms with Crippen LogP contribution in [0, 0.1) is 5.92 Å². The van der Waals surface area contributed by atoms with Gasteiger partial charge in [0.2, 0.25) is 10.0 Å². The second-order valence-electron chi connectivity index (χ2n) is 5.30. The quantitative estimate of drug-likeness (QED) is 0.654. The monoisotopic (exact) mass is 274 g/mol. The lowest BCUT2D eigenvalue weighted by atomic mass is 10.1. The van der Waals surface area contributed by atoms with Gasteiger partial charge in [-0.2, -0.15) is 0 Å². The second-order valence-corrected chi connectivity index (χ2v) is 7.08. The largest absolute Gasteiger partial charge is 0.356 e. The molecule has 0 saturated heterocycles. The number of nitrogens with zero attached hydrogens (tertiary/aromatic N) is 1. The summed E-state index contributed by atoms with van der Waals surface area (Å²) in [6.45, 7) is 3.66. The molecule has 1 aliphatic carbocycles. The molecule has 3 N–H and O–H groups in total. The third-order valence-electron chi connectivity index (χ3n) is 3.46. The Hall–Kier alpha value is -0.820. The van der Waals surface area contributed by atoms with Crippen LogP contribution < -0.4 is 15.4 Å². The number of nitrogens with one attached hydrogen (secondary N) is 3. The summed E-state index contributed by atoms with van der Waals surface area (Å²) in [4.78, 5) is 4.33. The molecular formula is C11H22N4O2S. The summed E-state index contributed by atoms with van der Waals surface area (Å²) < 4.78 is 25.3. The van der Waals surface area contributed by atoms with Crippen LogP contribution in [0.25, 0.3) is 0 Å². The molecule has 7 heteroatoms. The summed E-state index contributed by atoms with van der Waals surface area (Å²) in [6.07, 6.45) is 4.29. The van der Waals surface area contributed by atoms with Crippen LogP contribution in [0.2, 0.25) is 0 Å². The Kier molecular flexibility index (Phi) is 4.11. The Labute approximate surface area is 109 Å². The fourth-order valence-electron chi connectivity index (χ4n) is 2.60. The highest BCUT2D eigenvalue weighted by atomic mass is 32.2. The molecule has 0 aromatic carbocycles. The Bertz CT molecular complexity index is 421. The fraction of sp³-hybridized carbons (Fsp3) is 0.909. The lowest BCUT2D eigenvalue weighted by Crippen LogP contribution is -2.44. The van der Waals surface area contributed by atoms with E-state index in [0.717, 1.165) is 38.3 Å². The molecule has 0 radical (unpaired) electrons. The van der Waals surface area contributed by atoms with E-state index in [9.17, 15) is 8.42 Å². The summed E-state index contributed by atoms with van der Waals surface area (Å²) in [5.74, 6) is 1.19. The van der Waals surface area contributed by atoms with E-state index in [1.807, 2.05) is 0 Å². The van der Waals surface area contributed by atoms with Crippen molar-refractivity contribution in [3.8, 4) is 0 Å². The van der Waals surface area contributed by atoms with Crippen molar-refractivity contribution in [1.82, 2.24) is 15.4 Å². The van der Waals surface area contributed by atoms with E-state index in [1.54, 1.807) is 0 Å². The molecule has 1 aliphatic heterocycles. The zero-order valence-corrected chi connectivity index (χ0v) is 11.8. The molecule has 2 aliphatic rings. The Morgan fingerprint density at radius 2 is 2.22 bits per heavy atom. The van der Waals surface area contributed by atoms with Crippen molar-refractivity contribution in [2.75, 3.05) is 19.3 Å². The molecule has 0 spiro atoms. The Balaban J connectivity index is 1.81. The van der Waals surface area contributed by atoms with Crippen molar-refractivity contribution >= 4 is 16.0 Å². The molecule has 1 heterocycles. The SMILES string of the molecule is CC1CN=C(NCC2CCCC2NS(C)(=O)=O)N1. The Morgan fingerprint density at radius 1 is 1.44 bits per heavy atom. The maximum absolute atomic E-state index is 11.3. The first-order valence-electron chi connectivity index (χ1n) is 6.46. The molecule has 0 amide bonds. The second kappa shape index (κ2) is 5.44. The predicted octanol–water partition coefficient (Wildman–Crippen LogP) is -0.358. The lowest BCUT2D eigenvalue weighted by Gasteiger charge is -2.21. The molecule has 1 fully saturated rings. The number of sulfonamides is 1. The first kappa shape index (κ1) is 13.6. The van der Waals surface area contributed by atoms with E-state index >= 15 is 0 Å². The van der Waals surface area contributed by atoms with Crippen molar-refractivity contribution in [3.05, 3.63) is 0 Å². The normalized spacial score (nSPS) is 32.1. The van der Waals surface area contributed by atoms with Gasteiger partial charge in [0.05, 0.1) is 12.8 Å². The molecule has 18 heavy (non-hydrogen) atoms. The molecule has 3 atom stereocenters. The van der Waals surface area contributed by atoms with Crippen LogP contribution in [0.15, 0.2) is 4.99 Å². The van der Waals surface area contributed by atoms with Gasteiger partial charge in [0, 0.05) is 18.6 Å². The van der Waals surface area contributed by atoms with Gasteiger partial charge in [0.15, 0.2) is 5.96 Å². The maximum atomic E-state index is 11.3. The molecular weight excluding hydrogens is 252 g/mol. The Morgan fingerprint density at radius 3 is 2.83 bits per heavy atom. The number of hydrogen-bond acceptors (Lipinski definition) is 5. The zero-order valence-electron chi connectivity index (χ0n) is 10.9. The van der Waals surface area contributed by atoms with Crippen LogP contribution in [0.5, 0.6) is 0 Å². The van der Waals surface area contributed by atoms with Gasteiger partial charge >= 0.3 is 0 Å². The summed E-state index contributed by atoms with van der Waals surface area (Å²) in [6, 6.07) is 0.452. The molecule has 6 nitrogen and oxygen atoms in total. The number of hydrogen-bond donors (Lipinski definition) is 3. The van der Waals surface area contributed by atoms with Gasteiger partial charge in [0.1, 0.15) is 0 Å². The molecule has 3 unspecified atom stereocenters. The summed E-state index contributed by atoms with van der Waals surface area (Å²) in [5.41, 5.74) is 0. The van der Waals surface area contributed by atoms with Crippen molar-refractivity contribution in [1.29, 1.82) is 0 Å². The first-order valence-corrected chi connectivity index (χ1v) is 8.35. The summed E-state index contributed by atoms with van der Waals surface area (Å²) in [5, 5.41) is 6.51. The van der Waals surface area contributed by atoms with Crippen LogP contribution in [-0.4, -0.2) is 45.8 Å². The van der Waals surface area contributed by atoms with Gasteiger partial charge in [-0.15, -0.1) is 0 Å². The topological polar surface area (TPSA) is 82.6 Å². The third-order valence-corrected chi connectivity index (χ3v) is 4.19. The average molecular weight is 274 g/mol. The van der Waals surface area contributed by atoms with Crippen LogP contribution in [-0.2, 0) is 10.0 Å². The minimum Gasteiger partial charge on any atom is -0.356 e. The van der Waals surface area contributed by atoms with Gasteiger partial charge in [-0.1, -0.05) is 6.42 Å². The van der Waals surface area contributed by atoms with Gasteiger partial charge in [-0.05, 0) is 25.7 Å². The van der Waals surface area contributed by atoms with Crippen LogP contribution in [0.3, 0.4) is 0 Å². The van der Waals surface area contributed by atoms with Crippen LogP contribution >= 0.6 is 0 Å². The highest BCUT2D eigenvalue weighted by Crippen LogP contribution is 2.25. The van der Waals surface area contributed by atoms with E-state index in [0.29, 0.717) is 12.0 Å². The number of guanidine groups is 1. The molecule has 2 rings (SSSR count). The predicted molar refractivity (Wildman–Crippen MR) is 72.0 cm³/mol. The minimum atomic E-state index is -3.11. The highest BCUT2D eigenvalue weighted by Gasteiger charge is 2.29. The molecule has 1 saturated carbocycles. The molecule has 0 aromatic heterocycles. The molecule has 0 aromatic rings. The van der Waals surface area contributed by atoms with Gasteiger partial charge in [-0.3, -0.25) is 4.99 Å². The maximum Gasteiger partial charge on any atom is 0.208 e. The van der Waals surface area contributed by atoms with E-state index in [4.69, 9.17) is 0 Å². The summed E-state index contributed by atoms with van der Waals surface area (Å²) >= 11 is 0. The van der Waals surface area contributed by atoms with E-state index in [-0.39, 0.29) is 6.04 Å². The van der Waals surface area contributed by atoms with Crippen molar-refractivity contribution < 1.29 is 8.42 Å². The van der Waals surface area contributed by atoms with Crippen molar-refractivity contribution in [2.24, 2.45) is 10.9 Å². The highest BCUT2D eigenvalue weighted by molar-refractivity contribution is 7.88. The zero-order chi connectivity index (χ0) is 13.2.